The van der Waals surface area contributed by atoms with E-state index in [0.717, 1.165) is 6.07 Å². The number of morpholine rings is 1. The van der Waals surface area contributed by atoms with Crippen LogP contribution in [0.15, 0.2) is 18.2 Å². The summed E-state index contributed by atoms with van der Waals surface area (Å²) in [7, 11) is 0. The van der Waals surface area contributed by atoms with Crippen LogP contribution in [0.5, 0.6) is 0 Å². The fourth-order valence-electron chi connectivity index (χ4n) is 2.47. The predicted molar refractivity (Wildman–Crippen MR) is 91.3 cm³/mol. The Hall–Kier alpha value is -2.49. The number of hydrogen-bond acceptors (Lipinski definition) is 5. The average Bonchev–Trinajstić information content (AvgIpc) is 2.57. The Labute approximate surface area is 154 Å². The van der Waals surface area contributed by atoms with Gasteiger partial charge in [-0.05, 0) is 39.0 Å². The maximum absolute atomic E-state index is 13.5. The van der Waals surface area contributed by atoms with Gasteiger partial charge in [-0.2, -0.15) is 13.2 Å². The molecule has 1 aromatic rings. The Morgan fingerprint density at radius 3 is 2.30 bits per heavy atom. The summed E-state index contributed by atoms with van der Waals surface area (Å²) in [5.74, 6) is -0.889. The summed E-state index contributed by atoms with van der Waals surface area (Å²) in [5, 5.41) is 0. The van der Waals surface area contributed by atoms with Crippen LogP contribution < -0.4 is 15.8 Å². The van der Waals surface area contributed by atoms with Crippen molar-refractivity contribution in [2.24, 2.45) is 0 Å². The second-order valence-corrected chi connectivity index (χ2v) is 6.91. The molecular weight excluding hydrogens is 367 g/mol. The number of nitrogens with one attached hydrogen (secondary N) is 2. The number of benzene rings is 1. The molecule has 0 bridgehead atoms. The first-order valence-corrected chi connectivity index (χ1v) is 8.30. The number of carbonyl (C=O) groups is 2. The van der Waals surface area contributed by atoms with Crippen LogP contribution in [-0.4, -0.2) is 43.9 Å². The van der Waals surface area contributed by atoms with Gasteiger partial charge in [0.15, 0.2) is 0 Å². The SMILES string of the molecule is CC(C)(C)OC(=O)NNC(=O)c1ccc(N2CCOCC2)c(C(F)(F)F)c1. The van der Waals surface area contributed by atoms with Crippen LogP contribution in [0.25, 0.3) is 0 Å². The minimum atomic E-state index is -4.64. The molecule has 1 aliphatic rings. The first kappa shape index (κ1) is 20.8. The van der Waals surface area contributed by atoms with Gasteiger partial charge in [0.1, 0.15) is 5.60 Å². The highest BCUT2D eigenvalue weighted by atomic mass is 19.4. The third-order valence-corrected chi connectivity index (χ3v) is 3.59. The maximum atomic E-state index is 13.5. The molecule has 1 aromatic carbocycles. The van der Waals surface area contributed by atoms with E-state index in [2.05, 4.69) is 0 Å². The van der Waals surface area contributed by atoms with Crippen molar-refractivity contribution in [3.8, 4) is 0 Å². The second-order valence-electron chi connectivity index (χ2n) is 6.91. The number of nitrogens with zero attached hydrogens (tertiary/aromatic N) is 1. The van der Waals surface area contributed by atoms with Gasteiger partial charge in [-0.1, -0.05) is 0 Å². The molecule has 0 unspecified atom stereocenters. The number of carbonyl (C=O) groups excluding carboxylic acids is 2. The molecule has 0 aromatic heterocycles. The number of rotatable bonds is 2. The van der Waals surface area contributed by atoms with Crippen LogP contribution >= 0.6 is 0 Å². The third-order valence-electron chi connectivity index (χ3n) is 3.59. The van der Waals surface area contributed by atoms with Gasteiger partial charge in [0.05, 0.1) is 18.8 Å². The molecule has 0 aliphatic carbocycles. The van der Waals surface area contributed by atoms with E-state index in [-0.39, 0.29) is 11.3 Å². The van der Waals surface area contributed by atoms with Gasteiger partial charge in [-0.15, -0.1) is 0 Å². The summed E-state index contributed by atoms with van der Waals surface area (Å²) in [4.78, 5) is 25.2. The lowest BCUT2D eigenvalue weighted by Crippen LogP contribution is -2.44. The summed E-state index contributed by atoms with van der Waals surface area (Å²) < 4.78 is 50.5. The van der Waals surface area contributed by atoms with Crippen molar-refractivity contribution in [1.82, 2.24) is 10.9 Å². The molecule has 0 atom stereocenters. The van der Waals surface area contributed by atoms with Crippen LogP contribution in [0.4, 0.5) is 23.7 Å². The molecule has 1 saturated heterocycles. The fourth-order valence-corrected chi connectivity index (χ4v) is 2.47. The lowest BCUT2D eigenvalue weighted by molar-refractivity contribution is -0.137. The molecular formula is C17H22F3N3O4. The van der Waals surface area contributed by atoms with Crippen molar-refractivity contribution in [2.45, 2.75) is 32.5 Å². The zero-order valence-corrected chi connectivity index (χ0v) is 15.3. The highest BCUT2D eigenvalue weighted by molar-refractivity contribution is 5.95. The van der Waals surface area contributed by atoms with Crippen molar-refractivity contribution in [1.29, 1.82) is 0 Å². The molecule has 150 valence electrons. The number of halogens is 3. The zero-order valence-electron chi connectivity index (χ0n) is 15.3. The molecule has 1 aliphatic heterocycles. The minimum absolute atomic E-state index is 0.0116. The van der Waals surface area contributed by atoms with Gasteiger partial charge in [-0.3, -0.25) is 10.2 Å². The van der Waals surface area contributed by atoms with Crippen molar-refractivity contribution < 1.29 is 32.2 Å². The van der Waals surface area contributed by atoms with Crippen LogP contribution in [0.1, 0.15) is 36.7 Å². The molecule has 2 amide bonds. The largest absolute Gasteiger partial charge is 0.443 e. The van der Waals surface area contributed by atoms with E-state index in [1.54, 1.807) is 25.7 Å². The second kappa shape index (κ2) is 8.03. The van der Waals surface area contributed by atoms with Crippen LogP contribution in [-0.2, 0) is 15.7 Å². The van der Waals surface area contributed by atoms with Crippen LogP contribution in [0, 0.1) is 0 Å². The number of anilines is 1. The Morgan fingerprint density at radius 2 is 1.74 bits per heavy atom. The Bertz CT molecular complexity index is 696. The smallest absolute Gasteiger partial charge is 0.426 e. The van der Waals surface area contributed by atoms with Gasteiger partial charge in [0.2, 0.25) is 0 Å². The Balaban J connectivity index is 2.15. The first-order chi connectivity index (χ1) is 12.5. The van der Waals surface area contributed by atoms with E-state index in [1.165, 1.54) is 12.1 Å². The van der Waals surface area contributed by atoms with Gasteiger partial charge in [0, 0.05) is 24.3 Å². The molecule has 7 nitrogen and oxygen atoms in total. The lowest BCUT2D eigenvalue weighted by atomic mass is 10.1. The molecule has 2 N–H and O–H groups in total. The van der Waals surface area contributed by atoms with Gasteiger partial charge in [0.25, 0.3) is 5.91 Å². The fraction of sp³-hybridized carbons (Fsp3) is 0.529. The quantitative estimate of drug-likeness (QED) is 0.761. The van der Waals surface area contributed by atoms with Crippen molar-refractivity contribution in [3.05, 3.63) is 29.3 Å². The van der Waals surface area contributed by atoms with E-state index in [1.807, 2.05) is 10.9 Å². The standard InChI is InChI=1S/C17H22F3N3O4/c1-16(2,3)27-15(25)22-21-14(24)11-4-5-13(12(10-11)17(18,19)20)23-6-8-26-9-7-23/h4-5,10H,6-9H2,1-3H3,(H,21,24)(H,22,25). The van der Waals surface area contributed by atoms with Crippen molar-refractivity contribution in [3.63, 3.8) is 0 Å². The first-order valence-electron chi connectivity index (χ1n) is 8.30. The van der Waals surface area contributed by atoms with Crippen molar-refractivity contribution in [2.75, 3.05) is 31.2 Å². The van der Waals surface area contributed by atoms with Gasteiger partial charge in [-0.25, -0.2) is 10.2 Å². The van der Waals surface area contributed by atoms with Gasteiger partial charge < -0.3 is 14.4 Å². The summed E-state index contributed by atoms with van der Waals surface area (Å²) in [6, 6.07) is 3.28. The predicted octanol–water partition coefficient (Wildman–Crippen LogP) is 2.71. The third kappa shape index (κ3) is 6.02. The monoisotopic (exact) mass is 389 g/mol. The summed E-state index contributed by atoms with van der Waals surface area (Å²) in [5.41, 5.74) is 2.09. The topological polar surface area (TPSA) is 79.9 Å². The molecule has 0 radical (unpaired) electrons. The molecule has 1 heterocycles. The molecule has 27 heavy (non-hydrogen) atoms. The molecule has 0 spiro atoms. The summed E-state index contributed by atoms with van der Waals surface area (Å²) in [6.07, 6.45) is -5.56. The van der Waals surface area contributed by atoms with Gasteiger partial charge >= 0.3 is 12.3 Å². The van der Waals surface area contributed by atoms with E-state index < -0.39 is 29.3 Å². The lowest BCUT2D eigenvalue weighted by Gasteiger charge is -2.31. The highest BCUT2D eigenvalue weighted by Gasteiger charge is 2.36. The maximum Gasteiger partial charge on any atom is 0.426 e. The van der Waals surface area contributed by atoms with E-state index in [0.29, 0.717) is 26.3 Å². The minimum Gasteiger partial charge on any atom is -0.443 e. The average molecular weight is 389 g/mol. The number of hydrazine groups is 1. The van der Waals surface area contributed by atoms with E-state index >= 15 is 0 Å². The number of amides is 2. The van der Waals surface area contributed by atoms with E-state index in [4.69, 9.17) is 9.47 Å². The molecule has 2 rings (SSSR count). The number of ether oxygens (including phenoxy) is 2. The molecule has 0 saturated carbocycles. The Kier molecular flexibility index (Phi) is 6.19. The number of hydrogen-bond donors (Lipinski definition) is 2. The van der Waals surface area contributed by atoms with Crippen LogP contribution in [0.3, 0.4) is 0 Å². The molecule has 1 fully saturated rings. The van der Waals surface area contributed by atoms with Crippen LogP contribution in [0.2, 0.25) is 0 Å². The highest BCUT2D eigenvalue weighted by Crippen LogP contribution is 2.37. The zero-order chi connectivity index (χ0) is 20.2. The number of alkyl halides is 3. The summed E-state index contributed by atoms with van der Waals surface area (Å²) in [6.45, 7) is 6.22. The normalized spacial score (nSPS) is 15.3. The Morgan fingerprint density at radius 1 is 1.11 bits per heavy atom. The van der Waals surface area contributed by atoms with Crippen molar-refractivity contribution >= 4 is 17.7 Å². The molecule has 10 heteroatoms. The summed E-state index contributed by atoms with van der Waals surface area (Å²) >= 11 is 0. The van der Waals surface area contributed by atoms with E-state index in [9.17, 15) is 22.8 Å².